The van der Waals surface area contributed by atoms with Crippen LogP contribution >= 0.6 is 0 Å². The smallest absolute Gasteiger partial charge is 0.326 e. The summed E-state index contributed by atoms with van der Waals surface area (Å²) in [7, 11) is 0. The highest BCUT2D eigenvalue weighted by Gasteiger charge is 2.30. The van der Waals surface area contributed by atoms with Crippen LogP contribution in [0.2, 0.25) is 0 Å². The quantitative estimate of drug-likeness (QED) is 0.904. The van der Waals surface area contributed by atoms with Crippen LogP contribution in [0, 0.1) is 0 Å². The van der Waals surface area contributed by atoms with Gasteiger partial charge in [-0.15, -0.1) is 0 Å². The summed E-state index contributed by atoms with van der Waals surface area (Å²) in [5, 5.41) is 9.26. The number of rotatable bonds is 5. The van der Waals surface area contributed by atoms with Crippen molar-refractivity contribution in [3.05, 3.63) is 30.3 Å². The molecule has 21 heavy (non-hydrogen) atoms. The Morgan fingerprint density at radius 2 is 1.95 bits per heavy atom. The van der Waals surface area contributed by atoms with Crippen LogP contribution in [0.5, 0.6) is 5.75 Å². The summed E-state index contributed by atoms with van der Waals surface area (Å²) < 4.78 is 5.50. The number of hydrogen-bond donors (Lipinski definition) is 1. The minimum atomic E-state index is -0.908. The average Bonchev–Trinajstić information content (AvgIpc) is 2.74. The third-order valence-corrected chi connectivity index (χ3v) is 3.69. The molecule has 1 aromatic carbocycles. The third kappa shape index (κ3) is 4.48. The van der Waals surface area contributed by atoms with Gasteiger partial charge >= 0.3 is 5.97 Å². The Hall–Kier alpha value is -2.04. The van der Waals surface area contributed by atoms with Crippen molar-refractivity contribution in [2.24, 2.45) is 0 Å². The molecule has 1 aromatic rings. The van der Waals surface area contributed by atoms with E-state index in [4.69, 9.17) is 4.74 Å². The van der Waals surface area contributed by atoms with Crippen molar-refractivity contribution in [3.8, 4) is 5.75 Å². The Labute approximate surface area is 124 Å². The van der Waals surface area contributed by atoms with E-state index < -0.39 is 12.0 Å². The zero-order valence-corrected chi connectivity index (χ0v) is 12.0. The number of benzene rings is 1. The molecule has 114 valence electrons. The predicted octanol–water partition coefficient (Wildman–Crippen LogP) is 2.31. The van der Waals surface area contributed by atoms with E-state index in [0.717, 1.165) is 25.0 Å². The lowest BCUT2D eigenvalue weighted by atomic mass is 10.1. The van der Waals surface area contributed by atoms with Crippen molar-refractivity contribution < 1.29 is 19.4 Å². The number of nitrogens with zero attached hydrogens (tertiary/aromatic N) is 1. The Morgan fingerprint density at radius 3 is 2.67 bits per heavy atom. The molecule has 1 fully saturated rings. The van der Waals surface area contributed by atoms with Crippen molar-refractivity contribution in [3.63, 3.8) is 0 Å². The first-order valence-corrected chi connectivity index (χ1v) is 7.38. The highest BCUT2D eigenvalue weighted by atomic mass is 16.5. The monoisotopic (exact) mass is 291 g/mol. The van der Waals surface area contributed by atoms with Crippen LogP contribution in [0.15, 0.2) is 30.3 Å². The molecule has 1 unspecified atom stereocenters. The molecule has 1 saturated heterocycles. The van der Waals surface area contributed by atoms with Gasteiger partial charge in [0.2, 0.25) is 5.91 Å². The molecule has 0 radical (unpaired) electrons. The van der Waals surface area contributed by atoms with E-state index in [1.165, 1.54) is 4.90 Å². The van der Waals surface area contributed by atoms with Crippen LogP contribution in [0.25, 0.3) is 0 Å². The van der Waals surface area contributed by atoms with Gasteiger partial charge in [0.15, 0.2) is 0 Å². The maximum Gasteiger partial charge on any atom is 0.326 e. The van der Waals surface area contributed by atoms with Crippen LogP contribution in [-0.2, 0) is 9.59 Å². The Balaban J connectivity index is 1.87. The van der Waals surface area contributed by atoms with Gasteiger partial charge in [-0.1, -0.05) is 31.0 Å². The molecule has 1 atom stereocenters. The van der Waals surface area contributed by atoms with E-state index in [2.05, 4.69) is 0 Å². The molecule has 5 nitrogen and oxygen atoms in total. The molecule has 1 N–H and O–H groups in total. The maximum absolute atomic E-state index is 12.2. The number of amides is 1. The van der Waals surface area contributed by atoms with Crippen LogP contribution in [-0.4, -0.2) is 41.1 Å². The molecule has 0 aromatic heterocycles. The molecule has 1 heterocycles. The molecule has 1 amide bonds. The van der Waals surface area contributed by atoms with Crippen molar-refractivity contribution in [2.75, 3.05) is 13.2 Å². The number of hydrogen-bond acceptors (Lipinski definition) is 3. The lowest BCUT2D eigenvalue weighted by molar-refractivity contribution is -0.150. The number of aliphatic carboxylic acids is 1. The van der Waals surface area contributed by atoms with E-state index in [-0.39, 0.29) is 18.9 Å². The minimum Gasteiger partial charge on any atom is -0.493 e. The van der Waals surface area contributed by atoms with Crippen LogP contribution in [0.4, 0.5) is 0 Å². The van der Waals surface area contributed by atoms with Gasteiger partial charge in [0.05, 0.1) is 13.0 Å². The van der Waals surface area contributed by atoms with Crippen molar-refractivity contribution in [2.45, 2.75) is 38.1 Å². The zero-order valence-electron chi connectivity index (χ0n) is 12.0. The van der Waals surface area contributed by atoms with Gasteiger partial charge in [-0.25, -0.2) is 4.79 Å². The molecule has 2 rings (SSSR count). The first-order chi connectivity index (χ1) is 10.2. The van der Waals surface area contributed by atoms with Gasteiger partial charge in [0, 0.05) is 6.54 Å². The van der Waals surface area contributed by atoms with Crippen molar-refractivity contribution in [1.82, 2.24) is 4.90 Å². The molecule has 0 spiro atoms. The number of carbonyl (C=O) groups excluding carboxylic acids is 1. The van der Waals surface area contributed by atoms with Gasteiger partial charge in [0.25, 0.3) is 0 Å². The van der Waals surface area contributed by atoms with E-state index in [0.29, 0.717) is 13.0 Å². The highest BCUT2D eigenvalue weighted by Crippen LogP contribution is 2.18. The molecule has 5 heteroatoms. The van der Waals surface area contributed by atoms with Gasteiger partial charge in [0.1, 0.15) is 11.8 Å². The molecular formula is C16H21NO4. The second kappa shape index (κ2) is 7.67. The molecule has 0 aliphatic carbocycles. The van der Waals surface area contributed by atoms with E-state index in [1.807, 2.05) is 30.3 Å². The summed E-state index contributed by atoms with van der Waals surface area (Å²) >= 11 is 0. The number of carboxylic acid groups (broad SMARTS) is 1. The van der Waals surface area contributed by atoms with Crippen molar-refractivity contribution >= 4 is 11.9 Å². The fourth-order valence-corrected chi connectivity index (χ4v) is 2.58. The summed E-state index contributed by atoms with van der Waals surface area (Å²) in [5.74, 6) is -0.328. The molecule has 0 bridgehead atoms. The number of para-hydroxylation sites is 1. The summed E-state index contributed by atoms with van der Waals surface area (Å²) in [6, 6.07) is 8.61. The fraction of sp³-hybridized carbons (Fsp3) is 0.500. The normalized spacial score (nSPS) is 18.9. The Bertz CT molecular complexity index is 474. The van der Waals surface area contributed by atoms with Gasteiger partial charge in [-0.2, -0.15) is 0 Å². The molecule has 0 saturated carbocycles. The van der Waals surface area contributed by atoms with Gasteiger partial charge in [-0.05, 0) is 25.0 Å². The maximum atomic E-state index is 12.2. The largest absolute Gasteiger partial charge is 0.493 e. The topological polar surface area (TPSA) is 66.8 Å². The summed E-state index contributed by atoms with van der Waals surface area (Å²) in [6.07, 6.45) is 3.46. The van der Waals surface area contributed by atoms with Crippen molar-refractivity contribution in [1.29, 1.82) is 0 Å². The number of ether oxygens (including phenoxy) is 1. The molecule has 1 aliphatic heterocycles. The second-order valence-corrected chi connectivity index (χ2v) is 5.20. The SMILES string of the molecule is O=C(O)C1CCCCCN1C(=O)CCOc1ccccc1. The van der Waals surface area contributed by atoms with Crippen LogP contribution < -0.4 is 4.74 Å². The van der Waals surface area contributed by atoms with Crippen LogP contribution in [0.1, 0.15) is 32.1 Å². The standard InChI is InChI=1S/C16H21NO4/c18-15(10-12-21-13-7-3-1-4-8-13)17-11-6-2-5-9-14(17)16(19)20/h1,3-4,7-8,14H,2,5-6,9-12H2,(H,19,20). The summed E-state index contributed by atoms with van der Waals surface area (Å²) in [4.78, 5) is 25.0. The summed E-state index contributed by atoms with van der Waals surface area (Å²) in [5.41, 5.74) is 0. The number of carboxylic acids is 1. The highest BCUT2D eigenvalue weighted by molar-refractivity contribution is 5.83. The number of likely N-dealkylation sites (tertiary alicyclic amines) is 1. The van der Waals surface area contributed by atoms with E-state index >= 15 is 0 Å². The predicted molar refractivity (Wildman–Crippen MR) is 78.2 cm³/mol. The fourth-order valence-electron chi connectivity index (χ4n) is 2.58. The van der Waals surface area contributed by atoms with Gasteiger partial charge < -0.3 is 14.7 Å². The van der Waals surface area contributed by atoms with E-state index in [1.54, 1.807) is 0 Å². The Kier molecular flexibility index (Phi) is 5.60. The van der Waals surface area contributed by atoms with Crippen LogP contribution in [0.3, 0.4) is 0 Å². The first-order valence-electron chi connectivity index (χ1n) is 7.38. The lowest BCUT2D eigenvalue weighted by Crippen LogP contribution is -2.45. The number of carbonyl (C=O) groups is 2. The zero-order chi connectivity index (χ0) is 15.1. The second-order valence-electron chi connectivity index (χ2n) is 5.20. The lowest BCUT2D eigenvalue weighted by Gasteiger charge is -2.27. The molecule has 1 aliphatic rings. The Morgan fingerprint density at radius 1 is 1.19 bits per heavy atom. The van der Waals surface area contributed by atoms with E-state index in [9.17, 15) is 14.7 Å². The first kappa shape index (κ1) is 15.4. The summed E-state index contributed by atoms with van der Waals surface area (Å²) in [6.45, 7) is 0.798. The van der Waals surface area contributed by atoms with Gasteiger partial charge in [-0.3, -0.25) is 4.79 Å². The average molecular weight is 291 g/mol. The minimum absolute atomic E-state index is 0.139. The third-order valence-electron chi connectivity index (χ3n) is 3.69. The molecular weight excluding hydrogens is 270 g/mol.